The van der Waals surface area contributed by atoms with Crippen molar-refractivity contribution in [2.75, 3.05) is 0 Å². The van der Waals surface area contributed by atoms with Crippen molar-refractivity contribution in [3.63, 3.8) is 0 Å². The van der Waals surface area contributed by atoms with Gasteiger partial charge in [0, 0.05) is 31.6 Å². The molecule has 0 aliphatic carbocycles. The lowest BCUT2D eigenvalue weighted by Crippen LogP contribution is -2.61. The Hall–Kier alpha value is -3.12. The van der Waals surface area contributed by atoms with Crippen molar-refractivity contribution in [3.05, 3.63) is 85.1 Å². The number of carbonyl (C=O) groups excluding carboxylic acids is 2. The molecule has 0 amide bonds. The third-order valence-corrected chi connectivity index (χ3v) is 10.6. The Kier molecular flexibility index (Phi) is 22.4. The SMILES string of the molecule is CC1OC(O[C@H]2/C=C/C=C/C=C/C=C/C=C/C=C/C=C/[C@H](C)[C@@H](O)C[C@H](C)OC(=O)C[C@H](O)CCC[C@H](O)CCCC(=O)C[C@]3(O)C[C@H](O)CC(C2)O3)C(O)C(N)C1O. The highest BCUT2D eigenvalue weighted by Crippen LogP contribution is 2.34. The largest absolute Gasteiger partial charge is 0.462 e. The zero-order valence-corrected chi connectivity index (χ0v) is 34.7. The minimum Gasteiger partial charge on any atom is -0.462 e. The van der Waals surface area contributed by atoms with Crippen LogP contribution >= 0.6 is 0 Å². The first-order valence-corrected chi connectivity index (χ1v) is 21.0. The molecule has 14 heteroatoms. The van der Waals surface area contributed by atoms with Gasteiger partial charge >= 0.3 is 5.97 Å². The molecular formula is C45H69NO13. The molecule has 2 saturated heterocycles. The Bertz CT molecular complexity index is 1470. The smallest absolute Gasteiger partial charge is 0.308 e. The van der Waals surface area contributed by atoms with E-state index in [2.05, 4.69) is 0 Å². The number of rotatable bonds is 2. The summed E-state index contributed by atoms with van der Waals surface area (Å²) in [6, 6.07) is -1.01. The van der Waals surface area contributed by atoms with E-state index in [9.17, 15) is 45.3 Å². The monoisotopic (exact) mass is 831 g/mol. The second-order valence-electron chi connectivity index (χ2n) is 16.2. The summed E-state index contributed by atoms with van der Waals surface area (Å²) >= 11 is 0. The standard InChI is InChI=1S/C45H69NO13/c1-30-18-14-12-10-8-6-4-5-7-9-11-13-15-23-37(58-44-43(54)41(46)42(53)32(3)57-44)27-38-25-36(50)29-45(55,59-38)28-35(49)22-17-20-33(47)19-16-21-34(48)26-40(52)56-31(2)24-39(30)51/h4-15,18,23,30-34,36-39,41-44,47-48,50-51,53-55H,16-17,19-22,24-29,46H2,1-3H3/b5-4+,8-6+,9-7+,12-10+,13-11+,18-14+,23-15+/t30-,31-,32?,33-,34+,36+,37-,38?,39-,41?,42?,43?,44?,45+/m0/s1. The van der Waals surface area contributed by atoms with Gasteiger partial charge in [-0.3, -0.25) is 9.59 Å². The number of aliphatic hydroxyl groups excluding tert-OH is 6. The van der Waals surface area contributed by atoms with Crippen molar-refractivity contribution in [3.8, 4) is 0 Å². The van der Waals surface area contributed by atoms with Crippen molar-refractivity contribution >= 4 is 11.8 Å². The van der Waals surface area contributed by atoms with Crippen LogP contribution < -0.4 is 5.73 Å². The van der Waals surface area contributed by atoms with Crippen molar-refractivity contribution in [1.82, 2.24) is 0 Å². The summed E-state index contributed by atoms with van der Waals surface area (Å²) in [5.41, 5.74) is 6.03. The summed E-state index contributed by atoms with van der Waals surface area (Å²) in [6.45, 7) is 5.19. The molecule has 9 N–H and O–H groups in total. The Morgan fingerprint density at radius 3 is 1.93 bits per heavy atom. The van der Waals surface area contributed by atoms with Crippen molar-refractivity contribution in [1.29, 1.82) is 0 Å². The fourth-order valence-corrected chi connectivity index (χ4v) is 7.24. The van der Waals surface area contributed by atoms with Crippen molar-refractivity contribution in [2.45, 2.75) is 177 Å². The molecule has 3 heterocycles. The van der Waals surface area contributed by atoms with Gasteiger partial charge in [-0.15, -0.1) is 0 Å². The zero-order valence-electron chi connectivity index (χ0n) is 34.7. The van der Waals surface area contributed by atoms with Crippen LogP contribution in [0.15, 0.2) is 85.1 Å². The highest BCUT2D eigenvalue weighted by atomic mass is 16.7. The number of aliphatic hydroxyl groups is 7. The fourth-order valence-electron chi connectivity index (χ4n) is 7.24. The minimum atomic E-state index is -1.93. The molecule has 0 aromatic heterocycles. The molecule has 3 aliphatic heterocycles. The van der Waals surface area contributed by atoms with E-state index >= 15 is 0 Å². The summed E-state index contributed by atoms with van der Waals surface area (Å²) < 4.78 is 23.3. The number of ketones is 1. The van der Waals surface area contributed by atoms with Crippen LogP contribution in [0.2, 0.25) is 0 Å². The van der Waals surface area contributed by atoms with Gasteiger partial charge < -0.3 is 60.4 Å². The molecule has 0 saturated carbocycles. The fraction of sp³-hybridized carbons (Fsp3) is 0.644. The van der Waals surface area contributed by atoms with Gasteiger partial charge in [0.2, 0.25) is 0 Å². The van der Waals surface area contributed by atoms with Crippen LogP contribution in [0.3, 0.4) is 0 Å². The third-order valence-electron chi connectivity index (χ3n) is 10.6. The Morgan fingerprint density at radius 2 is 1.29 bits per heavy atom. The van der Waals surface area contributed by atoms with E-state index in [4.69, 9.17) is 24.7 Å². The molecule has 14 nitrogen and oxygen atoms in total. The highest BCUT2D eigenvalue weighted by Gasteiger charge is 2.44. The van der Waals surface area contributed by atoms with Gasteiger partial charge in [-0.05, 0) is 52.4 Å². The van der Waals surface area contributed by atoms with E-state index in [0.717, 1.165) is 0 Å². The molecule has 14 atom stereocenters. The summed E-state index contributed by atoms with van der Waals surface area (Å²) in [6.07, 6.45) is 17.3. The molecule has 0 aromatic carbocycles. The normalized spacial score (nSPS) is 42.7. The maximum absolute atomic E-state index is 13.0. The molecular weight excluding hydrogens is 762 g/mol. The molecule has 0 radical (unpaired) electrons. The molecule has 2 fully saturated rings. The summed E-state index contributed by atoms with van der Waals surface area (Å²) in [4.78, 5) is 25.4. The van der Waals surface area contributed by atoms with Crippen LogP contribution in [-0.2, 0) is 28.5 Å². The first-order valence-electron chi connectivity index (χ1n) is 21.0. The van der Waals surface area contributed by atoms with Gasteiger partial charge in [0.15, 0.2) is 12.1 Å². The average molecular weight is 832 g/mol. The van der Waals surface area contributed by atoms with Crippen LogP contribution in [0.4, 0.5) is 0 Å². The Balaban J connectivity index is 1.72. The van der Waals surface area contributed by atoms with Gasteiger partial charge in [0.25, 0.3) is 0 Å². The maximum Gasteiger partial charge on any atom is 0.308 e. The number of nitrogens with two attached hydrogens (primary N) is 1. The van der Waals surface area contributed by atoms with Crippen molar-refractivity contribution in [2.24, 2.45) is 11.7 Å². The topological polar surface area (TPSA) is 239 Å². The predicted molar refractivity (Wildman–Crippen MR) is 222 cm³/mol. The molecule has 0 aromatic rings. The van der Waals surface area contributed by atoms with Crippen LogP contribution in [-0.4, -0.2) is 127 Å². The molecule has 59 heavy (non-hydrogen) atoms. The summed E-state index contributed by atoms with van der Waals surface area (Å²) in [5, 5.41) is 74.6. The number of Topliss-reactive ketones (excluding diaryl/α,β-unsaturated/α-hetero) is 1. The first-order chi connectivity index (χ1) is 28.0. The second-order valence-corrected chi connectivity index (χ2v) is 16.2. The predicted octanol–water partition coefficient (Wildman–Crippen LogP) is 3.42. The molecule has 332 valence electrons. The second kappa shape index (κ2) is 26.3. The van der Waals surface area contributed by atoms with Crippen LogP contribution in [0.25, 0.3) is 0 Å². The van der Waals surface area contributed by atoms with E-state index in [1.807, 2.05) is 67.7 Å². The number of hydrogen-bond donors (Lipinski definition) is 8. The quantitative estimate of drug-likeness (QED) is 0.186. The average Bonchev–Trinajstić information content (AvgIpc) is 3.14. The van der Waals surface area contributed by atoms with E-state index in [-0.39, 0.29) is 63.1 Å². The van der Waals surface area contributed by atoms with Crippen molar-refractivity contribution < 1.29 is 64.3 Å². The lowest BCUT2D eigenvalue weighted by atomic mass is 9.91. The first kappa shape index (κ1) is 50.2. The number of carbonyl (C=O) groups is 2. The van der Waals surface area contributed by atoms with E-state index in [1.165, 1.54) is 0 Å². The number of ether oxygens (including phenoxy) is 4. The van der Waals surface area contributed by atoms with Crippen LogP contribution in [0.5, 0.6) is 0 Å². The van der Waals surface area contributed by atoms with E-state index in [0.29, 0.717) is 25.7 Å². The molecule has 2 bridgehead atoms. The number of fused-ring (bicyclic) bond motifs is 2. The molecule has 0 spiro atoms. The maximum atomic E-state index is 13.0. The minimum absolute atomic E-state index is 0.0693. The number of esters is 1. The van der Waals surface area contributed by atoms with E-state index < -0.39 is 85.1 Å². The lowest BCUT2D eigenvalue weighted by Gasteiger charge is -2.42. The number of hydrogen-bond acceptors (Lipinski definition) is 14. The number of cyclic esters (lactones) is 1. The van der Waals surface area contributed by atoms with Crippen LogP contribution in [0, 0.1) is 5.92 Å². The van der Waals surface area contributed by atoms with Gasteiger partial charge in [0.1, 0.15) is 18.0 Å². The van der Waals surface area contributed by atoms with Gasteiger partial charge in [-0.25, -0.2) is 0 Å². The van der Waals surface area contributed by atoms with E-state index in [1.54, 1.807) is 38.2 Å². The summed E-state index contributed by atoms with van der Waals surface area (Å²) in [7, 11) is 0. The molecule has 6 unspecified atom stereocenters. The van der Waals surface area contributed by atoms with Gasteiger partial charge in [-0.2, -0.15) is 0 Å². The highest BCUT2D eigenvalue weighted by molar-refractivity contribution is 5.79. The zero-order chi connectivity index (χ0) is 43.4. The Labute approximate surface area is 349 Å². The van der Waals surface area contributed by atoms with Crippen LogP contribution in [0.1, 0.15) is 97.8 Å². The molecule has 3 aliphatic rings. The Morgan fingerprint density at radius 1 is 0.712 bits per heavy atom. The third kappa shape index (κ3) is 19.4. The summed E-state index contributed by atoms with van der Waals surface area (Å²) in [5.74, 6) is -2.99. The lowest BCUT2D eigenvalue weighted by molar-refractivity contribution is -0.292. The number of allylic oxidation sites excluding steroid dienone is 12. The van der Waals surface area contributed by atoms with Gasteiger partial charge in [-0.1, -0.05) is 92.0 Å². The van der Waals surface area contributed by atoms with Gasteiger partial charge in [0.05, 0.1) is 67.7 Å². The molecule has 3 rings (SSSR count).